The van der Waals surface area contributed by atoms with E-state index >= 15 is 0 Å². The molecule has 1 amide bonds. The maximum absolute atomic E-state index is 12.8. The van der Waals surface area contributed by atoms with Crippen LogP contribution in [0.4, 0.5) is 5.69 Å². The number of benzene rings is 3. The van der Waals surface area contributed by atoms with Crippen LogP contribution in [0.1, 0.15) is 38.9 Å². The molecule has 0 aliphatic rings. The molecule has 0 aliphatic heterocycles. The molecule has 3 rings (SSSR count). The topological polar surface area (TPSA) is 62.1 Å². The zero-order valence-electron chi connectivity index (χ0n) is 19.2. The number of anilines is 1. The molecule has 0 radical (unpaired) electrons. The Morgan fingerprint density at radius 3 is 2.31 bits per heavy atom. The van der Waals surface area contributed by atoms with Crippen molar-refractivity contribution in [2.24, 2.45) is 0 Å². The van der Waals surface area contributed by atoms with Gasteiger partial charge < -0.3 is 10.1 Å². The molecule has 0 saturated heterocycles. The smallest absolute Gasteiger partial charge is 0.266 e. The first-order valence-electron chi connectivity index (χ1n) is 10.5. The summed E-state index contributed by atoms with van der Waals surface area (Å²) in [4.78, 5) is 12.8. The Morgan fingerprint density at radius 2 is 1.69 bits per heavy atom. The van der Waals surface area contributed by atoms with Crippen molar-refractivity contribution in [3.8, 4) is 11.8 Å². The molecular formula is C28H28N2O2. The van der Waals surface area contributed by atoms with Gasteiger partial charge in [0.2, 0.25) is 0 Å². The van der Waals surface area contributed by atoms with Gasteiger partial charge >= 0.3 is 0 Å². The van der Waals surface area contributed by atoms with E-state index in [0.29, 0.717) is 12.1 Å². The lowest BCUT2D eigenvalue weighted by atomic mass is 9.96. The summed E-state index contributed by atoms with van der Waals surface area (Å²) < 4.78 is 5.41. The summed E-state index contributed by atoms with van der Waals surface area (Å²) in [5, 5.41) is 12.5. The quantitative estimate of drug-likeness (QED) is 0.386. The first-order chi connectivity index (χ1) is 15.3. The normalized spacial score (nSPS) is 11.1. The summed E-state index contributed by atoms with van der Waals surface area (Å²) in [5.41, 5.74) is 8.32. The molecule has 32 heavy (non-hydrogen) atoms. The van der Waals surface area contributed by atoms with Gasteiger partial charge in [0.25, 0.3) is 5.91 Å². The standard InChI is InChI=1S/C28H28N2O2/c1-18-10-19(2)12-22(11-18)14-24-16-27(32-5)9-7-23(24)15-25(17-29)28(31)30-26-8-6-20(3)21(4)13-26/h6-13,15-16H,14H2,1-5H3,(H,30,31)/b25-15+. The molecule has 0 heterocycles. The summed E-state index contributed by atoms with van der Waals surface area (Å²) in [6.45, 7) is 8.16. The van der Waals surface area contributed by atoms with Crippen molar-refractivity contribution in [3.05, 3.63) is 99.1 Å². The first kappa shape index (κ1) is 22.8. The Bertz CT molecular complexity index is 1210. The third-order valence-electron chi connectivity index (χ3n) is 5.46. The van der Waals surface area contributed by atoms with Crippen LogP contribution in [0, 0.1) is 39.0 Å². The maximum Gasteiger partial charge on any atom is 0.266 e. The Kier molecular flexibility index (Phi) is 7.12. The number of hydrogen-bond donors (Lipinski definition) is 1. The maximum atomic E-state index is 12.8. The average Bonchev–Trinajstić information content (AvgIpc) is 2.74. The van der Waals surface area contributed by atoms with Gasteiger partial charge in [-0.1, -0.05) is 41.5 Å². The van der Waals surface area contributed by atoms with E-state index in [1.807, 2.05) is 50.2 Å². The van der Waals surface area contributed by atoms with E-state index in [-0.39, 0.29) is 5.57 Å². The van der Waals surface area contributed by atoms with Crippen LogP contribution < -0.4 is 10.1 Å². The molecule has 0 atom stereocenters. The van der Waals surface area contributed by atoms with E-state index in [1.54, 1.807) is 13.2 Å². The van der Waals surface area contributed by atoms with E-state index in [2.05, 4.69) is 43.4 Å². The molecule has 0 bridgehead atoms. The van der Waals surface area contributed by atoms with Gasteiger partial charge in [-0.2, -0.15) is 5.26 Å². The predicted octanol–water partition coefficient (Wildman–Crippen LogP) is 6.07. The largest absolute Gasteiger partial charge is 0.497 e. The molecule has 0 aromatic heterocycles. The number of methoxy groups -OCH3 is 1. The van der Waals surface area contributed by atoms with Gasteiger partial charge in [0, 0.05) is 5.69 Å². The first-order valence-corrected chi connectivity index (χ1v) is 10.5. The summed E-state index contributed by atoms with van der Waals surface area (Å²) >= 11 is 0. The van der Waals surface area contributed by atoms with E-state index in [0.717, 1.165) is 28.0 Å². The van der Waals surface area contributed by atoms with Gasteiger partial charge in [0.05, 0.1) is 7.11 Å². The van der Waals surface area contributed by atoms with Crippen molar-refractivity contribution < 1.29 is 9.53 Å². The van der Waals surface area contributed by atoms with E-state index in [4.69, 9.17) is 4.74 Å². The molecule has 4 nitrogen and oxygen atoms in total. The lowest BCUT2D eigenvalue weighted by molar-refractivity contribution is -0.112. The summed E-state index contributed by atoms with van der Waals surface area (Å²) in [5.74, 6) is 0.309. The lowest BCUT2D eigenvalue weighted by Crippen LogP contribution is -2.13. The molecule has 0 saturated carbocycles. The van der Waals surface area contributed by atoms with Crippen LogP contribution in [0.2, 0.25) is 0 Å². The molecule has 3 aromatic rings. The molecule has 0 aliphatic carbocycles. The van der Waals surface area contributed by atoms with E-state index in [9.17, 15) is 10.1 Å². The van der Waals surface area contributed by atoms with Crippen molar-refractivity contribution >= 4 is 17.7 Å². The summed E-state index contributed by atoms with van der Waals surface area (Å²) in [6.07, 6.45) is 2.32. The van der Waals surface area contributed by atoms with Crippen LogP contribution in [-0.2, 0) is 11.2 Å². The Hall–Kier alpha value is -3.84. The number of carbonyl (C=O) groups is 1. The second kappa shape index (κ2) is 9.98. The lowest BCUT2D eigenvalue weighted by Gasteiger charge is -2.12. The highest BCUT2D eigenvalue weighted by Gasteiger charge is 2.13. The minimum Gasteiger partial charge on any atom is -0.497 e. The van der Waals surface area contributed by atoms with Crippen LogP contribution in [0.15, 0.2) is 60.2 Å². The predicted molar refractivity (Wildman–Crippen MR) is 130 cm³/mol. The molecule has 1 N–H and O–H groups in total. The number of hydrogen-bond acceptors (Lipinski definition) is 3. The fourth-order valence-corrected chi connectivity index (χ4v) is 3.72. The Labute approximate surface area is 190 Å². The van der Waals surface area contributed by atoms with Crippen LogP contribution in [0.5, 0.6) is 5.75 Å². The third kappa shape index (κ3) is 5.65. The van der Waals surface area contributed by atoms with Gasteiger partial charge in [0.1, 0.15) is 17.4 Å². The second-order valence-electron chi connectivity index (χ2n) is 8.16. The van der Waals surface area contributed by atoms with Crippen LogP contribution in [0.25, 0.3) is 6.08 Å². The molecular weight excluding hydrogens is 396 g/mol. The van der Waals surface area contributed by atoms with Crippen molar-refractivity contribution in [2.45, 2.75) is 34.1 Å². The van der Waals surface area contributed by atoms with Crippen LogP contribution in [0.3, 0.4) is 0 Å². The molecule has 4 heteroatoms. The van der Waals surface area contributed by atoms with Gasteiger partial charge in [-0.25, -0.2) is 0 Å². The van der Waals surface area contributed by atoms with Gasteiger partial charge in [-0.15, -0.1) is 0 Å². The third-order valence-corrected chi connectivity index (χ3v) is 5.46. The van der Waals surface area contributed by atoms with Gasteiger partial charge in [-0.05, 0) is 92.3 Å². The van der Waals surface area contributed by atoms with Crippen molar-refractivity contribution in [2.75, 3.05) is 12.4 Å². The Balaban J connectivity index is 1.94. The number of nitrogens with zero attached hydrogens (tertiary/aromatic N) is 1. The fourth-order valence-electron chi connectivity index (χ4n) is 3.72. The number of rotatable bonds is 6. The number of carbonyl (C=O) groups excluding carboxylic acids is 1. The SMILES string of the molecule is COc1ccc(/C=C(\C#N)C(=O)Nc2ccc(C)c(C)c2)c(Cc2cc(C)cc(C)c2)c1. The zero-order valence-corrected chi connectivity index (χ0v) is 19.2. The van der Waals surface area contributed by atoms with Gasteiger partial charge in [0.15, 0.2) is 0 Å². The highest BCUT2D eigenvalue weighted by molar-refractivity contribution is 6.09. The molecule has 0 spiro atoms. The minimum atomic E-state index is -0.427. The number of amides is 1. The monoisotopic (exact) mass is 424 g/mol. The number of nitriles is 1. The van der Waals surface area contributed by atoms with Crippen LogP contribution in [-0.4, -0.2) is 13.0 Å². The van der Waals surface area contributed by atoms with Crippen molar-refractivity contribution in [1.82, 2.24) is 0 Å². The van der Waals surface area contributed by atoms with Crippen LogP contribution >= 0.6 is 0 Å². The van der Waals surface area contributed by atoms with Crippen molar-refractivity contribution in [1.29, 1.82) is 5.26 Å². The van der Waals surface area contributed by atoms with E-state index in [1.165, 1.54) is 16.7 Å². The molecule has 0 unspecified atom stereocenters. The molecule has 162 valence electrons. The molecule has 0 fully saturated rings. The number of nitrogens with one attached hydrogen (secondary N) is 1. The van der Waals surface area contributed by atoms with Crippen molar-refractivity contribution in [3.63, 3.8) is 0 Å². The zero-order chi connectivity index (χ0) is 23.3. The van der Waals surface area contributed by atoms with Gasteiger partial charge in [-0.3, -0.25) is 4.79 Å². The average molecular weight is 425 g/mol. The highest BCUT2D eigenvalue weighted by Crippen LogP contribution is 2.24. The summed E-state index contributed by atoms with van der Waals surface area (Å²) in [7, 11) is 1.63. The molecule has 3 aromatic carbocycles. The minimum absolute atomic E-state index is 0.0510. The van der Waals surface area contributed by atoms with E-state index < -0.39 is 5.91 Å². The fraction of sp³-hybridized carbons (Fsp3) is 0.214. The second-order valence-corrected chi connectivity index (χ2v) is 8.16. The number of aryl methyl sites for hydroxylation is 4. The summed E-state index contributed by atoms with van der Waals surface area (Å²) in [6, 6.07) is 19.9. The number of ether oxygens (including phenoxy) is 1. The highest BCUT2D eigenvalue weighted by atomic mass is 16.5. The Morgan fingerprint density at radius 1 is 0.969 bits per heavy atom.